The molecule has 0 amide bonds. The smallest absolute Gasteiger partial charge is 0.0568 e. The Bertz CT molecular complexity index is 101. The van der Waals surface area contributed by atoms with E-state index in [2.05, 4.69) is 0 Å². The predicted octanol–water partition coefficient (Wildman–Crippen LogP) is 1.17. The summed E-state index contributed by atoms with van der Waals surface area (Å²) < 4.78 is 0. The highest BCUT2D eigenvalue weighted by Crippen LogP contribution is 2.65. The Morgan fingerprint density at radius 2 is 2.00 bits per heavy atom. The van der Waals surface area contributed by atoms with E-state index in [-0.39, 0.29) is 6.10 Å². The first-order valence-corrected chi connectivity index (χ1v) is 3.41. The minimum Gasteiger partial charge on any atom is -0.393 e. The van der Waals surface area contributed by atoms with Crippen LogP contribution in [0.5, 0.6) is 0 Å². The first-order chi connectivity index (χ1) is 3.73. The van der Waals surface area contributed by atoms with E-state index in [0.29, 0.717) is 5.41 Å². The molecular formula is C7H12O. The van der Waals surface area contributed by atoms with Gasteiger partial charge in [-0.2, -0.15) is 0 Å². The van der Waals surface area contributed by atoms with Crippen molar-refractivity contribution in [1.29, 1.82) is 0 Å². The maximum atomic E-state index is 9.17. The number of rotatable bonds is 1. The molecule has 3 saturated carbocycles. The van der Waals surface area contributed by atoms with Gasteiger partial charge >= 0.3 is 0 Å². The van der Waals surface area contributed by atoms with Crippen molar-refractivity contribution in [3.05, 3.63) is 0 Å². The molecule has 46 valence electrons. The largest absolute Gasteiger partial charge is 0.393 e. The molecule has 0 aromatic rings. The molecule has 3 aliphatic rings. The summed E-state index contributed by atoms with van der Waals surface area (Å²) in [6.45, 7) is 1.93. The topological polar surface area (TPSA) is 20.2 Å². The van der Waals surface area contributed by atoms with E-state index in [1.165, 1.54) is 19.3 Å². The van der Waals surface area contributed by atoms with Crippen molar-refractivity contribution >= 4 is 0 Å². The van der Waals surface area contributed by atoms with Crippen LogP contribution in [0.15, 0.2) is 0 Å². The summed E-state index contributed by atoms with van der Waals surface area (Å²) in [6.07, 6.45) is 3.90. The van der Waals surface area contributed by atoms with E-state index in [1.54, 1.807) is 0 Å². The maximum Gasteiger partial charge on any atom is 0.0568 e. The lowest BCUT2D eigenvalue weighted by Gasteiger charge is -2.63. The van der Waals surface area contributed by atoms with E-state index in [0.717, 1.165) is 5.92 Å². The van der Waals surface area contributed by atoms with Crippen LogP contribution in [-0.2, 0) is 0 Å². The second-order valence-corrected chi connectivity index (χ2v) is 3.52. The quantitative estimate of drug-likeness (QED) is 0.539. The molecule has 0 spiro atoms. The third-order valence-corrected chi connectivity index (χ3v) is 2.97. The van der Waals surface area contributed by atoms with Crippen LogP contribution in [-0.4, -0.2) is 11.2 Å². The minimum absolute atomic E-state index is 0.0347. The SMILES string of the molecule is CC(O)C12CC(C1)C2. The fourth-order valence-electron chi connectivity index (χ4n) is 2.06. The average molecular weight is 112 g/mol. The van der Waals surface area contributed by atoms with Gasteiger partial charge in [-0.1, -0.05) is 0 Å². The lowest BCUT2D eigenvalue weighted by Crippen LogP contribution is -2.57. The zero-order chi connectivity index (χ0) is 5.78. The van der Waals surface area contributed by atoms with Crippen molar-refractivity contribution in [2.45, 2.75) is 32.3 Å². The van der Waals surface area contributed by atoms with E-state index < -0.39 is 0 Å². The number of aliphatic hydroxyl groups excluding tert-OH is 1. The van der Waals surface area contributed by atoms with E-state index >= 15 is 0 Å². The average Bonchev–Trinajstić information content (AvgIpc) is 1.16. The molecule has 1 unspecified atom stereocenters. The van der Waals surface area contributed by atoms with Gasteiger partial charge in [-0.25, -0.2) is 0 Å². The second-order valence-electron chi connectivity index (χ2n) is 3.52. The molecule has 0 aliphatic heterocycles. The first-order valence-electron chi connectivity index (χ1n) is 3.41. The molecular weight excluding hydrogens is 100 g/mol. The zero-order valence-electron chi connectivity index (χ0n) is 5.22. The van der Waals surface area contributed by atoms with Crippen molar-refractivity contribution in [2.24, 2.45) is 11.3 Å². The van der Waals surface area contributed by atoms with Crippen LogP contribution in [0.25, 0.3) is 0 Å². The van der Waals surface area contributed by atoms with E-state index in [4.69, 9.17) is 5.11 Å². The lowest BCUT2D eigenvalue weighted by molar-refractivity contribution is -0.176. The summed E-state index contributed by atoms with van der Waals surface area (Å²) in [6, 6.07) is 0. The van der Waals surface area contributed by atoms with Gasteiger partial charge in [-0.3, -0.25) is 0 Å². The third kappa shape index (κ3) is 0.334. The molecule has 1 nitrogen and oxygen atoms in total. The van der Waals surface area contributed by atoms with Crippen LogP contribution >= 0.6 is 0 Å². The van der Waals surface area contributed by atoms with Gasteiger partial charge in [0.05, 0.1) is 6.10 Å². The van der Waals surface area contributed by atoms with Crippen molar-refractivity contribution in [2.75, 3.05) is 0 Å². The van der Waals surface area contributed by atoms with Crippen LogP contribution in [0, 0.1) is 11.3 Å². The van der Waals surface area contributed by atoms with E-state index in [9.17, 15) is 0 Å². The van der Waals surface area contributed by atoms with Crippen molar-refractivity contribution in [1.82, 2.24) is 0 Å². The van der Waals surface area contributed by atoms with Crippen LogP contribution in [0.3, 0.4) is 0 Å². The van der Waals surface area contributed by atoms with Crippen LogP contribution in [0.4, 0.5) is 0 Å². The summed E-state index contributed by atoms with van der Waals surface area (Å²) in [7, 11) is 0. The van der Waals surface area contributed by atoms with Gasteiger partial charge in [0.1, 0.15) is 0 Å². The van der Waals surface area contributed by atoms with Crippen molar-refractivity contribution < 1.29 is 5.11 Å². The van der Waals surface area contributed by atoms with Crippen LogP contribution in [0.1, 0.15) is 26.2 Å². The molecule has 1 atom stereocenters. The van der Waals surface area contributed by atoms with Gasteiger partial charge < -0.3 is 5.11 Å². The third-order valence-electron chi connectivity index (χ3n) is 2.97. The summed E-state index contributed by atoms with van der Waals surface area (Å²) in [5.74, 6) is 1.00. The first kappa shape index (κ1) is 4.80. The van der Waals surface area contributed by atoms with Gasteiger partial charge in [0.15, 0.2) is 0 Å². The Morgan fingerprint density at radius 3 is 2.00 bits per heavy atom. The van der Waals surface area contributed by atoms with Gasteiger partial charge in [0, 0.05) is 0 Å². The molecule has 1 heteroatoms. The van der Waals surface area contributed by atoms with Gasteiger partial charge in [0.2, 0.25) is 0 Å². The number of hydrogen-bond donors (Lipinski definition) is 1. The van der Waals surface area contributed by atoms with Gasteiger partial charge in [-0.15, -0.1) is 0 Å². The molecule has 0 radical (unpaired) electrons. The summed E-state index contributed by atoms with van der Waals surface area (Å²) in [4.78, 5) is 0. The molecule has 3 fully saturated rings. The van der Waals surface area contributed by atoms with Gasteiger partial charge in [-0.05, 0) is 37.5 Å². The lowest BCUT2D eigenvalue weighted by atomic mass is 9.42. The molecule has 0 saturated heterocycles. The molecule has 2 bridgehead atoms. The summed E-state index contributed by atoms with van der Waals surface area (Å²) >= 11 is 0. The predicted molar refractivity (Wildman–Crippen MR) is 31.5 cm³/mol. The highest BCUT2D eigenvalue weighted by Gasteiger charge is 2.58. The van der Waals surface area contributed by atoms with Crippen LogP contribution < -0.4 is 0 Å². The Morgan fingerprint density at radius 1 is 1.50 bits per heavy atom. The Balaban J connectivity index is 2.04. The summed E-state index contributed by atoms with van der Waals surface area (Å²) in [5, 5.41) is 9.17. The number of aliphatic hydroxyl groups is 1. The van der Waals surface area contributed by atoms with Gasteiger partial charge in [0.25, 0.3) is 0 Å². The standard InChI is InChI=1S/C7H12O/c1-5(8)7-2-6(3-7)4-7/h5-6,8H,2-4H2,1H3. The summed E-state index contributed by atoms with van der Waals surface area (Å²) in [5.41, 5.74) is 0.421. The monoisotopic (exact) mass is 112 g/mol. The minimum atomic E-state index is -0.0347. The molecule has 0 aromatic heterocycles. The molecule has 0 aromatic carbocycles. The van der Waals surface area contributed by atoms with Crippen LogP contribution in [0.2, 0.25) is 0 Å². The highest BCUT2D eigenvalue weighted by atomic mass is 16.3. The molecule has 1 N–H and O–H groups in total. The molecule has 3 rings (SSSR count). The fraction of sp³-hybridized carbons (Fsp3) is 1.00. The zero-order valence-corrected chi connectivity index (χ0v) is 5.22. The number of hydrogen-bond acceptors (Lipinski definition) is 1. The second kappa shape index (κ2) is 1.10. The fourth-order valence-corrected chi connectivity index (χ4v) is 2.06. The van der Waals surface area contributed by atoms with E-state index in [1.807, 2.05) is 6.92 Å². The van der Waals surface area contributed by atoms with Crippen molar-refractivity contribution in [3.8, 4) is 0 Å². The Hall–Kier alpha value is -0.0400. The Kier molecular flexibility index (Phi) is 0.663. The molecule has 3 aliphatic carbocycles. The molecule has 0 heterocycles. The Labute approximate surface area is 49.7 Å². The highest BCUT2D eigenvalue weighted by molar-refractivity contribution is 5.09. The maximum absolute atomic E-state index is 9.17. The molecule has 8 heavy (non-hydrogen) atoms. The normalized spacial score (nSPS) is 54.0. The van der Waals surface area contributed by atoms with Crippen molar-refractivity contribution in [3.63, 3.8) is 0 Å².